The number of ether oxygens (including phenoxy) is 1. The molecule has 1 amide bonds. The lowest BCUT2D eigenvalue weighted by Gasteiger charge is -2.32. The largest absolute Gasteiger partial charge is 0.365 e. The molecular weight excluding hydrogens is 228 g/mol. The summed E-state index contributed by atoms with van der Waals surface area (Å²) in [5.74, 6) is -0.0854. The number of carbonyl (C=O) groups is 1. The van der Waals surface area contributed by atoms with Crippen molar-refractivity contribution in [3.05, 3.63) is 29.3 Å². The number of halogens is 1. The number of benzene rings is 1. The fraction of sp³-hybridized carbons (Fsp3) is 0.364. The van der Waals surface area contributed by atoms with Crippen LogP contribution < -0.4 is 10.6 Å². The molecule has 1 unspecified atom stereocenters. The molecule has 16 heavy (non-hydrogen) atoms. The van der Waals surface area contributed by atoms with Crippen LogP contribution in [0.1, 0.15) is 0 Å². The number of hydrogen-bond acceptors (Lipinski definition) is 3. The maximum Gasteiger partial charge on any atom is 0.253 e. The molecule has 1 heterocycles. The Morgan fingerprint density at radius 3 is 2.94 bits per heavy atom. The van der Waals surface area contributed by atoms with Gasteiger partial charge in [-0.25, -0.2) is 0 Å². The van der Waals surface area contributed by atoms with Crippen molar-refractivity contribution >= 4 is 23.2 Å². The second-order valence-electron chi connectivity index (χ2n) is 3.62. The number of carbonyl (C=O) groups excluding carboxylic acids is 1. The quantitative estimate of drug-likeness (QED) is 0.840. The van der Waals surface area contributed by atoms with Gasteiger partial charge in [0.1, 0.15) is 6.61 Å². The van der Waals surface area contributed by atoms with Gasteiger partial charge in [-0.05, 0) is 12.1 Å². The van der Waals surface area contributed by atoms with Crippen molar-refractivity contribution in [3.63, 3.8) is 0 Å². The van der Waals surface area contributed by atoms with Crippen LogP contribution in [0.15, 0.2) is 24.3 Å². The topological polar surface area (TPSA) is 55.6 Å². The van der Waals surface area contributed by atoms with E-state index in [2.05, 4.69) is 0 Å². The number of anilines is 1. The predicted octanol–water partition coefficient (Wildman–Crippen LogP) is 1.03. The van der Waals surface area contributed by atoms with Crippen LogP contribution in [0.2, 0.25) is 5.02 Å². The molecule has 2 rings (SSSR count). The van der Waals surface area contributed by atoms with E-state index in [9.17, 15) is 4.79 Å². The highest BCUT2D eigenvalue weighted by molar-refractivity contribution is 6.33. The summed E-state index contributed by atoms with van der Waals surface area (Å²) in [7, 11) is 0. The van der Waals surface area contributed by atoms with Crippen molar-refractivity contribution in [1.82, 2.24) is 0 Å². The smallest absolute Gasteiger partial charge is 0.253 e. The minimum absolute atomic E-state index is 0.0626. The van der Waals surface area contributed by atoms with E-state index in [1.54, 1.807) is 11.0 Å². The van der Waals surface area contributed by atoms with Gasteiger partial charge in [-0.15, -0.1) is 0 Å². The Morgan fingerprint density at radius 1 is 1.50 bits per heavy atom. The summed E-state index contributed by atoms with van der Waals surface area (Å²) in [6.07, 6.45) is -0.117. The maximum atomic E-state index is 11.7. The zero-order valence-corrected chi connectivity index (χ0v) is 9.48. The van der Waals surface area contributed by atoms with Crippen molar-refractivity contribution in [2.24, 2.45) is 5.73 Å². The Hall–Kier alpha value is -1.10. The molecule has 5 heteroatoms. The Morgan fingerprint density at radius 2 is 2.25 bits per heavy atom. The van der Waals surface area contributed by atoms with Crippen LogP contribution in [0, 0.1) is 0 Å². The van der Waals surface area contributed by atoms with Crippen molar-refractivity contribution in [3.8, 4) is 0 Å². The van der Waals surface area contributed by atoms with Gasteiger partial charge in [0.25, 0.3) is 5.91 Å². The first kappa shape index (κ1) is 11.4. The van der Waals surface area contributed by atoms with Crippen molar-refractivity contribution in [2.75, 3.05) is 24.6 Å². The third-order valence-electron chi connectivity index (χ3n) is 2.54. The molecule has 1 saturated heterocycles. The van der Waals surface area contributed by atoms with E-state index in [4.69, 9.17) is 22.1 Å². The lowest BCUT2D eigenvalue weighted by molar-refractivity contribution is -0.128. The molecule has 0 bridgehead atoms. The third-order valence-corrected chi connectivity index (χ3v) is 2.86. The van der Waals surface area contributed by atoms with E-state index in [1.807, 2.05) is 18.2 Å². The summed E-state index contributed by atoms with van der Waals surface area (Å²) in [5, 5.41) is 0.563. The zero-order chi connectivity index (χ0) is 11.5. The molecule has 1 atom stereocenters. The zero-order valence-electron chi connectivity index (χ0n) is 8.73. The number of amides is 1. The molecule has 86 valence electrons. The van der Waals surface area contributed by atoms with E-state index in [1.165, 1.54) is 0 Å². The van der Waals surface area contributed by atoms with Crippen LogP contribution in [0.3, 0.4) is 0 Å². The van der Waals surface area contributed by atoms with Gasteiger partial charge in [0.05, 0.1) is 23.4 Å². The van der Waals surface area contributed by atoms with Gasteiger partial charge in [0.15, 0.2) is 0 Å². The minimum Gasteiger partial charge on any atom is -0.365 e. The first-order valence-corrected chi connectivity index (χ1v) is 5.46. The van der Waals surface area contributed by atoms with Gasteiger partial charge in [-0.3, -0.25) is 4.79 Å². The number of rotatable bonds is 2. The van der Waals surface area contributed by atoms with Gasteiger partial charge < -0.3 is 15.4 Å². The highest BCUT2D eigenvalue weighted by atomic mass is 35.5. The van der Waals surface area contributed by atoms with Crippen LogP contribution in [-0.2, 0) is 9.53 Å². The number of morpholine rings is 1. The standard InChI is InChI=1S/C11H13ClN2O2/c12-9-3-1-2-4-10(9)14-6-8(5-13)16-7-11(14)15/h1-4,8H,5-7,13H2. The Labute approximate surface area is 98.9 Å². The molecule has 0 saturated carbocycles. The molecule has 1 aromatic rings. The third kappa shape index (κ3) is 2.19. The van der Waals surface area contributed by atoms with Crippen LogP contribution in [0.4, 0.5) is 5.69 Å². The summed E-state index contributed by atoms with van der Waals surface area (Å²) in [6, 6.07) is 7.26. The molecule has 0 radical (unpaired) electrons. The first-order valence-electron chi connectivity index (χ1n) is 5.09. The van der Waals surface area contributed by atoms with Gasteiger partial charge in [-0.1, -0.05) is 23.7 Å². The fourth-order valence-electron chi connectivity index (χ4n) is 1.67. The monoisotopic (exact) mass is 240 g/mol. The molecular formula is C11H13ClN2O2. The fourth-order valence-corrected chi connectivity index (χ4v) is 1.91. The molecule has 0 aromatic heterocycles. The second kappa shape index (κ2) is 4.82. The average Bonchev–Trinajstić information content (AvgIpc) is 2.31. The van der Waals surface area contributed by atoms with Gasteiger partial charge in [-0.2, -0.15) is 0 Å². The molecule has 1 aliphatic heterocycles. The van der Waals surface area contributed by atoms with Gasteiger partial charge in [0, 0.05) is 6.54 Å². The average molecular weight is 241 g/mol. The Bertz CT molecular complexity index is 397. The highest BCUT2D eigenvalue weighted by Crippen LogP contribution is 2.26. The van der Waals surface area contributed by atoms with Crippen molar-refractivity contribution in [2.45, 2.75) is 6.10 Å². The predicted molar refractivity (Wildman–Crippen MR) is 62.6 cm³/mol. The molecule has 2 N–H and O–H groups in total. The summed E-state index contributed by atoms with van der Waals surface area (Å²) in [4.78, 5) is 13.3. The van der Waals surface area contributed by atoms with Crippen LogP contribution >= 0.6 is 11.6 Å². The van der Waals surface area contributed by atoms with E-state index in [0.717, 1.165) is 5.69 Å². The van der Waals surface area contributed by atoms with E-state index >= 15 is 0 Å². The van der Waals surface area contributed by atoms with Crippen LogP contribution in [0.5, 0.6) is 0 Å². The van der Waals surface area contributed by atoms with Crippen molar-refractivity contribution in [1.29, 1.82) is 0 Å². The number of nitrogens with zero attached hydrogens (tertiary/aromatic N) is 1. The van der Waals surface area contributed by atoms with Crippen molar-refractivity contribution < 1.29 is 9.53 Å². The van der Waals surface area contributed by atoms with E-state index in [0.29, 0.717) is 18.1 Å². The van der Waals surface area contributed by atoms with Gasteiger partial charge in [0.2, 0.25) is 0 Å². The molecule has 0 aliphatic carbocycles. The Kier molecular flexibility index (Phi) is 3.43. The van der Waals surface area contributed by atoms with Gasteiger partial charge >= 0.3 is 0 Å². The molecule has 1 aromatic carbocycles. The minimum atomic E-state index is -0.117. The summed E-state index contributed by atoms with van der Waals surface area (Å²) < 4.78 is 5.27. The Balaban J connectivity index is 2.25. The highest BCUT2D eigenvalue weighted by Gasteiger charge is 2.27. The molecule has 1 fully saturated rings. The summed E-state index contributed by atoms with van der Waals surface area (Å²) in [6.45, 7) is 0.917. The lowest BCUT2D eigenvalue weighted by atomic mass is 10.2. The van der Waals surface area contributed by atoms with E-state index in [-0.39, 0.29) is 18.6 Å². The second-order valence-corrected chi connectivity index (χ2v) is 4.03. The van der Waals surface area contributed by atoms with E-state index < -0.39 is 0 Å². The van der Waals surface area contributed by atoms with Crippen LogP contribution in [-0.4, -0.2) is 31.7 Å². The number of hydrogen-bond donors (Lipinski definition) is 1. The SMILES string of the molecule is NCC1CN(c2ccccc2Cl)C(=O)CO1. The molecule has 1 aliphatic rings. The summed E-state index contributed by atoms with van der Waals surface area (Å²) >= 11 is 6.05. The van der Waals surface area contributed by atoms with Crippen LogP contribution in [0.25, 0.3) is 0 Å². The molecule has 0 spiro atoms. The number of nitrogens with two attached hydrogens (primary N) is 1. The molecule has 4 nitrogen and oxygen atoms in total. The lowest BCUT2D eigenvalue weighted by Crippen LogP contribution is -2.49. The first-order chi connectivity index (χ1) is 7.72. The normalized spacial score (nSPS) is 21.2. The maximum absolute atomic E-state index is 11.7. The summed E-state index contributed by atoms with van der Waals surface area (Å²) in [5.41, 5.74) is 6.25. The number of para-hydroxylation sites is 1.